The maximum absolute atomic E-state index is 13.2. The minimum atomic E-state index is -0.339. The highest BCUT2D eigenvalue weighted by Crippen LogP contribution is 2.58. The van der Waals surface area contributed by atoms with E-state index in [-0.39, 0.29) is 35.0 Å². The molecule has 3 fully saturated rings. The molecule has 2 atom stereocenters. The molecule has 1 heterocycles. The Labute approximate surface area is 154 Å². The lowest BCUT2D eigenvalue weighted by atomic mass is 10.0. The maximum Gasteiger partial charge on any atom is 0.251 e. The number of carbonyl (C=O) groups is 2. The molecule has 2 saturated carbocycles. The SMILES string of the molecule is Cc1cc(F)ccc1C(=O)NCC1CC2(CC2)CN1C(=O)[C@H]1CC1(C)C. The molecule has 1 aromatic rings. The van der Waals surface area contributed by atoms with Gasteiger partial charge in [-0.2, -0.15) is 0 Å². The van der Waals surface area contributed by atoms with Gasteiger partial charge in [0.15, 0.2) is 0 Å². The molecule has 2 aliphatic carbocycles. The van der Waals surface area contributed by atoms with Gasteiger partial charge in [0.1, 0.15) is 5.82 Å². The highest BCUT2D eigenvalue weighted by Gasteiger charge is 2.58. The fraction of sp³-hybridized carbons (Fsp3) is 0.619. The Morgan fingerprint density at radius 3 is 2.54 bits per heavy atom. The van der Waals surface area contributed by atoms with Gasteiger partial charge in [-0.15, -0.1) is 0 Å². The number of hydrogen-bond donors (Lipinski definition) is 1. The van der Waals surface area contributed by atoms with E-state index in [1.54, 1.807) is 6.92 Å². The lowest BCUT2D eigenvalue weighted by molar-refractivity contribution is -0.134. The van der Waals surface area contributed by atoms with E-state index in [0.717, 1.165) is 19.4 Å². The van der Waals surface area contributed by atoms with Gasteiger partial charge in [0.2, 0.25) is 5.91 Å². The highest BCUT2D eigenvalue weighted by molar-refractivity contribution is 5.95. The lowest BCUT2D eigenvalue weighted by Gasteiger charge is -2.26. The molecule has 1 aliphatic heterocycles. The van der Waals surface area contributed by atoms with Crippen LogP contribution < -0.4 is 5.32 Å². The van der Waals surface area contributed by atoms with Crippen molar-refractivity contribution >= 4 is 11.8 Å². The molecule has 0 radical (unpaired) electrons. The first kappa shape index (κ1) is 17.5. The summed E-state index contributed by atoms with van der Waals surface area (Å²) < 4.78 is 13.2. The van der Waals surface area contributed by atoms with Crippen molar-refractivity contribution < 1.29 is 14.0 Å². The van der Waals surface area contributed by atoms with E-state index in [4.69, 9.17) is 0 Å². The largest absolute Gasteiger partial charge is 0.350 e. The predicted molar refractivity (Wildman–Crippen MR) is 97.1 cm³/mol. The monoisotopic (exact) mass is 358 g/mol. The van der Waals surface area contributed by atoms with Crippen LogP contribution in [0.2, 0.25) is 0 Å². The van der Waals surface area contributed by atoms with Gasteiger partial charge in [-0.05, 0) is 67.2 Å². The van der Waals surface area contributed by atoms with Gasteiger partial charge in [0.05, 0.1) is 0 Å². The summed E-state index contributed by atoms with van der Waals surface area (Å²) in [6, 6.07) is 4.27. The van der Waals surface area contributed by atoms with Crippen LogP contribution >= 0.6 is 0 Å². The van der Waals surface area contributed by atoms with Crippen molar-refractivity contribution in [2.45, 2.75) is 52.5 Å². The lowest BCUT2D eigenvalue weighted by Crippen LogP contribution is -2.44. The van der Waals surface area contributed by atoms with Crippen LogP contribution in [-0.2, 0) is 4.79 Å². The van der Waals surface area contributed by atoms with Gasteiger partial charge in [0, 0.05) is 30.6 Å². The van der Waals surface area contributed by atoms with Crippen LogP contribution in [0.25, 0.3) is 0 Å². The highest BCUT2D eigenvalue weighted by atomic mass is 19.1. The van der Waals surface area contributed by atoms with E-state index in [9.17, 15) is 14.0 Å². The third-order valence-electron chi connectivity index (χ3n) is 6.60. The fourth-order valence-electron chi connectivity index (χ4n) is 4.42. The van der Waals surface area contributed by atoms with Crippen molar-refractivity contribution in [3.63, 3.8) is 0 Å². The number of benzene rings is 1. The van der Waals surface area contributed by atoms with E-state index < -0.39 is 0 Å². The second-order valence-corrected chi connectivity index (χ2v) is 9.24. The molecular formula is C21H27FN2O2. The van der Waals surface area contributed by atoms with Crippen LogP contribution in [0.5, 0.6) is 0 Å². The first-order chi connectivity index (χ1) is 12.2. The molecule has 1 spiro atoms. The summed E-state index contributed by atoms with van der Waals surface area (Å²) in [4.78, 5) is 27.5. The van der Waals surface area contributed by atoms with Crippen LogP contribution in [0.15, 0.2) is 18.2 Å². The maximum atomic E-state index is 13.2. The van der Waals surface area contributed by atoms with Crippen LogP contribution in [0.1, 0.15) is 55.5 Å². The summed E-state index contributed by atoms with van der Waals surface area (Å²) in [5, 5.41) is 2.98. The van der Waals surface area contributed by atoms with Crippen molar-refractivity contribution in [1.29, 1.82) is 0 Å². The summed E-state index contributed by atoms with van der Waals surface area (Å²) in [6.45, 7) is 7.34. The quantitative estimate of drug-likeness (QED) is 0.898. The Kier molecular flexibility index (Phi) is 3.90. The third kappa shape index (κ3) is 3.12. The van der Waals surface area contributed by atoms with Gasteiger partial charge < -0.3 is 10.2 Å². The molecule has 1 unspecified atom stereocenters. The zero-order chi connectivity index (χ0) is 18.7. The topological polar surface area (TPSA) is 49.4 Å². The number of amides is 2. The van der Waals surface area contributed by atoms with E-state index in [0.29, 0.717) is 23.1 Å². The van der Waals surface area contributed by atoms with Crippen molar-refractivity contribution in [3.8, 4) is 0 Å². The normalized spacial score (nSPS) is 27.5. The third-order valence-corrected chi connectivity index (χ3v) is 6.60. The molecule has 0 bridgehead atoms. The van der Waals surface area contributed by atoms with Gasteiger partial charge in [-0.25, -0.2) is 4.39 Å². The van der Waals surface area contributed by atoms with E-state index >= 15 is 0 Å². The Balaban J connectivity index is 1.42. The number of halogens is 1. The molecule has 2 amide bonds. The van der Waals surface area contributed by atoms with Crippen LogP contribution in [-0.4, -0.2) is 35.8 Å². The molecule has 4 rings (SSSR count). The predicted octanol–water partition coefficient (Wildman–Crippen LogP) is 3.29. The van der Waals surface area contributed by atoms with E-state index in [1.807, 2.05) is 4.90 Å². The zero-order valence-corrected chi connectivity index (χ0v) is 15.8. The summed E-state index contributed by atoms with van der Waals surface area (Å²) in [6.07, 6.45) is 4.32. The second-order valence-electron chi connectivity index (χ2n) is 9.24. The second kappa shape index (κ2) is 5.80. The number of nitrogens with one attached hydrogen (secondary N) is 1. The molecule has 1 aromatic carbocycles. The Morgan fingerprint density at radius 1 is 1.27 bits per heavy atom. The Hall–Kier alpha value is -1.91. The average Bonchev–Trinajstić information content (AvgIpc) is 3.41. The number of aryl methyl sites for hydroxylation is 1. The summed E-state index contributed by atoms with van der Waals surface area (Å²) in [5.74, 6) is -0.141. The van der Waals surface area contributed by atoms with Gasteiger partial charge in [-0.1, -0.05) is 13.8 Å². The van der Waals surface area contributed by atoms with Crippen molar-refractivity contribution in [1.82, 2.24) is 10.2 Å². The number of likely N-dealkylation sites (tertiary alicyclic amines) is 1. The number of nitrogens with zero attached hydrogens (tertiary/aromatic N) is 1. The summed E-state index contributed by atoms with van der Waals surface area (Å²) in [7, 11) is 0. The molecule has 5 heteroatoms. The van der Waals surface area contributed by atoms with Crippen LogP contribution in [0.4, 0.5) is 4.39 Å². The standard InChI is InChI=1S/C21H27FN2O2/c1-13-8-14(22)4-5-16(13)18(25)23-11-15-9-21(6-7-21)12-24(15)19(26)17-10-20(17,2)3/h4-5,8,15,17H,6-7,9-12H2,1-3H3,(H,23,25)/t15?,17-/m1/s1. The van der Waals surface area contributed by atoms with Crippen LogP contribution in [0.3, 0.4) is 0 Å². The molecule has 1 saturated heterocycles. The fourth-order valence-corrected chi connectivity index (χ4v) is 4.42. The van der Waals surface area contributed by atoms with Crippen LogP contribution in [0, 0.1) is 29.5 Å². The molecule has 1 N–H and O–H groups in total. The van der Waals surface area contributed by atoms with Gasteiger partial charge >= 0.3 is 0 Å². The number of hydrogen-bond acceptors (Lipinski definition) is 2. The smallest absolute Gasteiger partial charge is 0.251 e. The first-order valence-corrected chi connectivity index (χ1v) is 9.56. The van der Waals surface area contributed by atoms with E-state index in [1.165, 1.54) is 31.0 Å². The molecular weight excluding hydrogens is 331 g/mol. The molecule has 140 valence electrons. The first-order valence-electron chi connectivity index (χ1n) is 9.56. The van der Waals surface area contributed by atoms with Crippen molar-refractivity contribution in [2.24, 2.45) is 16.7 Å². The van der Waals surface area contributed by atoms with Gasteiger partial charge in [-0.3, -0.25) is 9.59 Å². The average molecular weight is 358 g/mol. The van der Waals surface area contributed by atoms with E-state index in [2.05, 4.69) is 19.2 Å². The Bertz CT molecular complexity index is 769. The molecule has 26 heavy (non-hydrogen) atoms. The van der Waals surface area contributed by atoms with Crippen molar-refractivity contribution in [2.75, 3.05) is 13.1 Å². The molecule has 0 aromatic heterocycles. The minimum Gasteiger partial charge on any atom is -0.350 e. The number of rotatable bonds is 4. The zero-order valence-electron chi connectivity index (χ0n) is 15.8. The number of carbonyl (C=O) groups excluding carboxylic acids is 2. The molecule has 4 nitrogen and oxygen atoms in total. The molecule has 3 aliphatic rings. The Morgan fingerprint density at radius 2 is 1.96 bits per heavy atom. The minimum absolute atomic E-state index is 0.0751. The summed E-state index contributed by atoms with van der Waals surface area (Å²) >= 11 is 0. The summed E-state index contributed by atoms with van der Waals surface area (Å²) in [5.41, 5.74) is 1.54. The van der Waals surface area contributed by atoms with Gasteiger partial charge in [0.25, 0.3) is 5.91 Å². The van der Waals surface area contributed by atoms with Crippen molar-refractivity contribution in [3.05, 3.63) is 35.1 Å².